The SMILES string of the molecule is Cc1cccc(CC(=O)Nc2ccc3nc(C)cn3c2)c1. The summed E-state index contributed by atoms with van der Waals surface area (Å²) in [5.41, 5.74) is 4.79. The number of imidazole rings is 1. The molecule has 0 atom stereocenters. The van der Waals surface area contributed by atoms with Crippen LogP contribution in [-0.2, 0) is 11.2 Å². The van der Waals surface area contributed by atoms with Gasteiger partial charge in [-0.15, -0.1) is 0 Å². The van der Waals surface area contributed by atoms with E-state index in [4.69, 9.17) is 0 Å². The van der Waals surface area contributed by atoms with Crippen molar-refractivity contribution in [3.63, 3.8) is 0 Å². The highest BCUT2D eigenvalue weighted by molar-refractivity contribution is 5.92. The minimum absolute atomic E-state index is 0.0169. The third kappa shape index (κ3) is 3.11. The number of anilines is 1. The van der Waals surface area contributed by atoms with Crippen LogP contribution in [0.15, 0.2) is 48.8 Å². The first-order valence-corrected chi connectivity index (χ1v) is 6.91. The lowest BCUT2D eigenvalue weighted by molar-refractivity contribution is -0.115. The van der Waals surface area contributed by atoms with Gasteiger partial charge in [0.05, 0.1) is 17.8 Å². The Morgan fingerprint density at radius 2 is 2.05 bits per heavy atom. The number of carbonyl (C=O) groups is 1. The van der Waals surface area contributed by atoms with Crippen LogP contribution in [0.3, 0.4) is 0 Å². The van der Waals surface area contributed by atoms with Crippen LogP contribution >= 0.6 is 0 Å². The summed E-state index contributed by atoms with van der Waals surface area (Å²) in [6.07, 6.45) is 4.19. The minimum Gasteiger partial charge on any atom is -0.324 e. The monoisotopic (exact) mass is 279 g/mol. The predicted molar refractivity (Wildman–Crippen MR) is 83.4 cm³/mol. The Labute approximate surface area is 123 Å². The number of fused-ring (bicyclic) bond motifs is 1. The van der Waals surface area contributed by atoms with Crippen molar-refractivity contribution >= 4 is 17.2 Å². The van der Waals surface area contributed by atoms with Crippen LogP contribution in [0.4, 0.5) is 5.69 Å². The van der Waals surface area contributed by atoms with Crippen molar-refractivity contribution in [3.8, 4) is 0 Å². The molecular weight excluding hydrogens is 262 g/mol. The second-order valence-electron chi connectivity index (χ2n) is 5.28. The van der Waals surface area contributed by atoms with E-state index in [1.54, 1.807) is 0 Å². The number of nitrogens with zero attached hydrogens (tertiary/aromatic N) is 2. The van der Waals surface area contributed by atoms with Crippen molar-refractivity contribution in [1.29, 1.82) is 0 Å². The van der Waals surface area contributed by atoms with Gasteiger partial charge in [0.2, 0.25) is 5.91 Å². The lowest BCUT2D eigenvalue weighted by Crippen LogP contribution is -2.14. The van der Waals surface area contributed by atoms with Crippen LogP contribution in [-0.4, -0.2) is 15.3 Å². The van der Waals surface area contributed by atoms with E-state index in [1.807, 2.05) is 67.0 Å². The molecule has 0 aliphatic carbocycles. The van der Waals surface area contributed by atoms with Crippen LogP contribution in [0.2, 0.25) is 0 Å². The molecule has 1 amide bonds. The molecule has 0 spiro atoms. The first-order valence-electron chi connectivity index (χ1n) is 6.91. The average Bonchev–Trinajstić information content (AvgIpc) is 2.78. The van der Waals surface area contributed by atoms with Crippen molar-refractivity contribution in [2.45, 2.75) is 20.3 Å². The lowest BCUT2D eigenvalue weighted by atomic mass is 10.1. The van der Waals surface area contributed by atoms with E-state index in [0.29, 0.717) is 6.42 Å². The summed E-state index contributed by atoms with van der Waals surface area (Å²) in [6.45, 7) is 3.97. The predicted octanol–water partition coefficient (Wildman–Crippen LogP) is 3.13. The van der Waals surface area contributed by atoms with E-state index >= 15 is 0 Å². The van der Waals surface area contributed by atoms with Crippen molar-refractivity contribution in [2.24, 2.45) is 0 Å². The highest BCUT2D eigenvalue weighted by Gasteiger charge is 2.05. The molecule has 21 heavy (non-hydrogen) atoms. The van der Waals surface area contributed by atoms with Crippen LogP contribution in [0, 0.1) is 13.8 Å². The molecule has 2 aromatic heterocycles. The summed E-state index contributed by atoms with van der Waals surface area (Å²) < 4.78 is 1.91. The summed E-state index contributed by atoms with van der Waals surface area (Å²) in [5, 5.41) is 2.92. The van der Waals surface area contributed by atoms with Crippen molar-refractivity contribution in [1.82, 2.24) is 9.38 Å². The molecule has 106 valence electrons. The maximum absolute atomic E-state index is 12.1. The highest BCUT2D eigenvalue weighted by atomic mass is 16.1. The fourth-order valence-electron chi connectivity index (χ4n) is 2.41. The summed E-state index contributed by atoms with van der Waals surface area (Å²) in [6, 6.07) is 11.8. The zero-order chi connectivity index (χ0) is 14.8. The number of aryl methyl sites for hydroxylation is 2. The van der Waals surface area contributed by atoms with E-state index in [1.165, 1.54) is 0 Å². The molecule has 0 radical (unpaired) electrons. The largest absolute Gasteiger partial charge is 0.324 e. The third-order valence-electron chi connectivity index (χ3n) is 3.30. The number of amides is 1. The van der Waals surface area contributed by atoms with E-state index in [0.717, 1.165) is 28.2 Å². The topological polar surface area (TPSA) is 46.4 Å². The number of aromatic nitrogens is 2. The van der Waals surface area contributed by atoms with Gasteiger partial charge in [0.15, 0.2) is 0 Å². The molecular formula is C17H17N3O. The first-order chi connectivity index (χ1) is 10.1. The van der Waals surface area contributed by atoms with Crippen molar-refractivity contribution < 1.29 is 4.79 Å². The van der Waals surface area contributed by atoms with Gasteiger partial charge in [0.1, 0.15) is 5.65 Å². The number of carbonyl (C=O) groups excluding carboxylic acids is 1. The molecule has 0 saturated carbocycles. The molecule has 0 aliphatic rings. The van der Waals surface area contributed by atoms with Gasteiger partial charge in [-0.1, -0.05) is 29.8 Å². The van der Waals surface area contributed by atoms with E-state index in [9.17, 15) is 4.79 Å². The Balaban J connectivity index is 1.73. The van der Waals surface area contributed by atoms with Gasteiger partial charge in [-0.05, 0) is 31.5 Å². The maximum atomic E-state index is 12.1. The van der Waals surface area contributed by atoms with Gasteiger partial charge in [0.25, 0.3) is 0 Å². The zero-order valence-electron chi connectivity index (χ0n) is 12.1. The molecule has 0 aliphatic heterocycles. The Morgan fingerprint density at radius 3 is 2.86 bits per heavy atom. The number of hydrogen-bond acceptors (Lipinski definition) is 2. The third-order valence-corrected chi connectivity index (χ3v) is 3.30. The molecule has 3 rings (SSSR count). The van der Waals surface area contributed by atoms with E-state index in [-0.39, 0.29) is 5.91 Å². The van der Waals surface area contributed by atoms with Gasteiger partial charge in [-0.3, -0.25) is 4.79 Å². The fourth-order valence-corrected chi connectivity index (χ4v) is 2.41. The Bertz CT molecular complexity index is 805. The Hall–Kier alpha value is -2.62. The molecule has 0 saturated heterocycles. The number of rotatable bonds is 3. The Kier molecular flexibility index (Phi) is 3.44. The van der Waals surface area contributed by atoms with E-state index in [2.05, 4.69) is 10.3 Å². The second kappa shape index (κ2) is 5.40. The second-order valence-corrected chi connectivity index (χ2v) is 5.28. The summed E-state index contributed by atoms with van der Waals surface area (Å²) >= 11 is 0. The lowest BCUT2D eigenvalue weighted by Gasteiger charge is -2.06. The molecule has 2 heterocycles. The summed E-state index contributed by atoms with van der Waals surface area (Å²) in [7, 11) is 0. The average molecular weight is 279 g/mol. The van der Waals surface area contributed by atoms with E-state index < -0.39 is 0 Å². The van der Waals surface area contributed by atoms with Crippen LogP contribution in [0.1, 0.15) is 16.8 Å². The Morgan fingerprint density at radius 1 is 1.19 bits per heavy atom. The summed E-state index contributed by atoms with van der Waals surface area (Å²) in [4.78, 5) is 16.5. The van der Waals surface area contributed by atoms with Gasteiger partial charge in [-0.25, -0.2) is 4.98 Å². The van der Waals surface area contributed by atoms with Gasteiger partial charge in [-0.2, -0.15) is 0 Å². The maximum Gasteiger partial charge on any atom is 0.228 e. The van der Waals surface area contributed by atoms with Gasteiger partial charge < -0.3 is 9.72 Å². The molecule has 1 N–H and O–H groups in total. The molecule has 4 nitrogen and oxygen atoms in total. The number of nitrogens with one attached hydrogen (secondary N) is 1. The van der Waals surface area contributed by atoms with Crippen molar-refractivity contribution in [3.05, 3.63) is 65.6 Å². The molecule has 0 bridgehead atoms. The minimum atomic E-state index is -0.0169. The van der Waals surface area contributed by atoms with Crippen molar-refractivity contribution in [2.75, 3.05) is 5.32 Å². The number of benzene rings is 1. The van der Waals surface area contributed by atoms with Gasteiger partial charge >= 0.3 is 0 Å². The van der Waals surface area contributed by atoms with Crippen LogP contribution < -0.4 is 5.32 Å². The number of hydrogen-bond donors (Lipinski definition) is 1. The molecule has 4 heteroatoms. The molecule has 0 unspecified atom stereocenters. The zero-order valence-corrected chi connectivity index (χ0v) is 12.1. The molecule has 1 aromatic carbocycles. The standard InChI is InChI=1S/C17H17N3O/c1-12-4-3-5-14(8-12)9-17(21)19-15-6-7-16-18-13(2)10-20(16)11-15/h3-8,10-11H,9H2,1-2H3,(H,19,21). The van der Waals surface area contributed by atoms with Crippen LogP contribution in [0.5, 0.6) is 0 Å². The number of pyridine rings is 1. The van der Waals surface area contributed by atoms with Gasteiger partial charge in [0, 0.05) is 12.4 Å². The highest BCUT2D eigenvalue weighted by Crippen LogP contribution is 2.12. The van der Waals surface area contributed by atoms with Crippen LogP contribution in [0.25, 0.3) is 5.65 Å². The normalized spacial score (nSPS) is 10.8. The summed E-state index contributed by atoms with van der Waals surface area (Å²) in [5.74, 6) is -0.0169. The first kappa shape index (κ1) is 13.4. The smallest absolute Gasteiger partial charge is 0.228 e. The fraction of sp³-hybridized carbons (Fsp3) is 0.176. The molecule has 3 aromatic rings. The quantitative estimate of drug-likeness (QED) is 0.800. The molecule has 0 fully saturated rings.